The van der Waals surface area contributed by atoms with Crippen LogP contribution in [0.25, 0.3) is 0 Å². The Morgan fingerprint density at radius 3 is 2.67 bits per heavy atom. The van der Waals surface area contributed by atoms with Crippen molar-refractivity contribution in [1.82, 2.24) is 4.90 Å². The topological polar surface area (TPSA) is 58.4 Å². The maximum absolute atomic E-state index is 11.7. The molecule has 1 aromatic rings. The highest BCUT2D eigenvalue weighted by Gasteiger charge is 2.22. The lowest BCUT2D eigenvalue weighted by Gasteiger charge is -2.15. The number of carbonyl (C=O) groups excluding carboxylic acids is 1. The van der Waals surface area contributed by atoms with Crippen LogP contribution in [0.4, 0.5) is 11.4 Å². The molecule has 1 aromatic carbocycles. The number of nitrogen functional groups attached to an aromatic ring is 1. The summed E-state index contributed by atoms with van der Waals surface area (Å²) in [6.45, 7) is 1.94. The molecule has 1 saturated carbocycles. The average Bonchev–Trinajstić information content (AvgIpc) is 3.13. The van der Waals surface area contributed by atoms with E-state index in [2.05, 4.69) is 17.3 Å². The van der Waals surface area contributed by atoms with Crippen LogP contribution in [0.2, 0.25) is 0 Å². The van der Waals surface area contributed by atoms with Gasteiger partial charge in [0.25, 0.3) is 0 Å². The zero-order valence-corrected chi connectivity index (χ0v) is 10.9. The number of nitrogens with one attached hydrogen (secondary N) is 1. The number of rotatable bonds is 6. The Bertz CT molecular complexity index is 398. The van der Waals surface area contributed by atoms with Gasteiger partial charge in [0.15, 0.2) is 0 Å². The highest BCUT2D eigenvalue weighted by Crippen LogP contribution is 2.29. The highest BCUT2D eigenvalue weighted by molar-refractivity contribution is 5.90. The molecule has 0 unspecified atom stereocenters. The number of nitrogens with zero attached hydrogens (tertiary/aromatic N) is 1. The molecule has 0 atom stereocenters. The molecule has 0 aliphatic heterocycles. The van der Waals surface area contributed by atoms with E-state index in [-0.39, 0.29) is 5.91 Å². The van der Waals surface area contributed by atoms with E-state index >= 15 is 0 Å². The third kappa shape index (κ3) is 4.37. The molecule has 4 nitrogen and oxygen atoms in total. The van der Waals surface area contributed by atoms with Crippen LogP contribution >= 0.6 is 0 Å². The minimum Gasteiger partial charge on any atom is -0.399 e. The number of hydrogen-bond acceptors (Lipinski definition) is 3. The van der Waals surface area contributed by atoms with Gasteiger partial charge in [0, 0.05) is 30.9 Å². The predicted octanol–water partition coefficient (Wildman–Crippen LogP) is 1.94. The van der Waals surface area contributed by atoms with E-state index in [1.54, 1.807) is 12.1 Å². The van der Waals surface area contributed by atoms with Crippen molar-refractivity contribution < 1.29 is 4.79 Å². The van der Waals surface area contributed by atoms with Crippen molar-refractivity contribution >= 4 is 17.3 Å². The molecule has 0 radical (unpaired) electrons. The standard InChI is InChI=1S/C14H21N3O/c1-17(10-11-2-3-11)9-8-14(18)16-13-6-4-12(15)5-7-13/h4-7,11H,2-3,8-10,15H2,1H3,(H,16,18). The summed E-state index contributed by atoms with van der Waals surface area (Å²) < 4.78 is 0. The molecule has 1 amide bonds. The number of carbonyl (C=O) groups is 1. The van der Waals surface area contributed by atoms with Gasteiger partial charge in [0.05, 0.1) is 0 Å². The smallest absolute Gasteiger partial charge is 0.225 e. The maximum atomic E-state index is 11.7. The minimum absolute atomic E-state index is 0.0578. The molecule has 2 rings (SSSR count). The van der Waals surface area contributed by atoms with Crippen molar-refractivity contribution in [3.05, 3.63) is 24.3 Å². The summed E-state index contributed by atoms with van der Waals surface area (Å²) in [4.78, 5) is 14.0. The van der Waals surface area contributed by atoms with E-state index in [0.29, 0.717) is 12.1 Å². The Labute approximate surface area is 108 Å². The lowest BCUT2D eigenvalue weighted by molar-refractivity contribution is -0.116. The van der Waals surface area contributed by atoms with Crippen LogP contribution in [-0.2, 0) is 4.79 Å². The quantitative estimate of drug-likeness (QED) is 0.755. The Balaban J connectivity index is 1.69. The van der Waals surface area contributed by atoms with E-state index in [9.17, 15) is 4.79 Å². The van der Waals surface area contributed by atoms with Crippen LogP contribution in [-0.4, -0.2) is 30.9 Å². The predicted molar refractivity (Wildman–Crippen MR) is 74.3 cm³/mol. The molecular formula is C14H21N3O. The van der Waals surface area contributed by atoms with Crippen molar-refractivity contribution in [2.24, 2.45) is 5.92 Å². The molecule has 1 aliphatic carbocycles. The molecule has 1 fully saturated rings. The van der Waals surface area contributed by atoms with Crippen molar-refractivity contribution in [2.75, 3.05) is 31.2 Å². The molecule has 0 aromatic heterocycles. The Kier molecular flexibility index (Phi) is 4.20. The Hall–Kier alpha value is -1.55. The third-order valence-corrected chi connectivity index (χ3v) is 3.18. The number of amides is 1. The first-order chi connectivity index (χ1) is 8.63. The van der Waals surface area contributed by atoms with E-state index in [1.807, 2.05) is 12.1 Å². The van der Waals surface area contributed by atoms with Crippen LogP contribution in [0, 0.1) is 5.92 Å². The molecule has 0 bridgehead atoms. The fraction of sp³-hybridized carbons (Fsp3) is 0.500. The normalized spacial score (nSPS) is 14.8. The molecule has 98 valence electrons. The molecule has 1 aliphatic rings. The zero-order chi connectivity index (χ0) is 13.0. The number of benzene rings is 1. The first-order valence-electron chi connectivity index (χ1n) is 6.47. The first-order valence-corrected chi connectivity index (χ1v) is 6.47. The van der Waals surface area contributed by atoms with Crippen molar-refractivity contribution in [2.45, 2.75) is 19.3 Å². The maximum Gasteiger partial charge on any atom is 0.225 e. The summed E-state index contributed by atoms with van der Waals surface area (Å²) in [6, 6.07) is 7.21. The lowest BCUT2D eigenvalue weighted by Crippen LogP contribution is -2.26. The molecule has 3 N–H and O–H groups in total. The van der Waals surface area contributed by atoms with E-state index < -0.39 is 0 Å². The van der Waals surface area contributed by atoms with Crippen LogP contribution in [0.1, 0.15) is 19.3 Å². The minimum atomic E-state index is 0.0578. The first kappa shape index (κ1) is 12.9. The van der Waals surface area contributed by atoms with Gasteiger partial charge in [0.2, 0.25) is 5.91 Å². The summed E-state index contributed by atoms with van der Waals surface area (Å²) in [7, 11) is 2.08. The van der Waals surface area contributed by atoms with Crippen LogP contribution < -0.4 is 11.1 Å². The highest BCUT2D eigenvalue weighted by atomic mass is 16.1. The molecule has 4 heteroatoms. The van der Waals surface area contributed by atoms with Gasteiger partial charge in [0.1, 0.15) is 0 Å². The Morgan fingerprint density at radius 2 is 2.06 bits per heavy atom. The molecule has 0 saturated heterocycles. The molecule has 0 spiro atoms. The summed E-state index contributed by atoms with van der Waals surface area (Å²) in [5.74, 6) is 0.928. The third-order valence-electron chi connectivity index (χ3n) is 3.18. The van der Waals surface area contributed by atoms with E-state index in [0.717, 1.165) is 24.7 Å². The number of hydrogen-bond donors (Lipinski definition) is 2. The molecular weight excluding hydrogens is 226 g/mol. The van der Waals surface area contributed by atoms with Gasteiger partial charge >= 0.3 is 0 Å². The SMILES string of the molecule is CN(CCC(=O)Nc1ccc(N)cc1)CC1CC1. The van der Waals surface area contributed by atoms with E-state index in [1.165, 1.54) is 12.8 Å². The fourth-order valence-electron chi connectivity index (χ4n) is 1.91. The average molecular weight is 247 g/mol. The van der Waals surface area contributed by atoms with Crippen molar-refractivity contribution in [3.63, 3.8) is 0 Å². The van der Waals surface area contributed by atoms with Gasteiger partial charge in [-0.2, -0.15) is 0 Å². The molecule has 0 heterocycles. The second-order valence-electron chi connectivity index (χ2n) is 5.13. The van der Waals surface area contributed by atoms with Gasteiger partial charge in [-0.05, 0) is 50.1 Å². The van der Waals surface area contributed by atoms with Gasteiger partial charge < -0.3 is 16.0 Å². The second-order valence-corrected chi connectivity index (χ2v) is 5.13. The number of nitrogens with two attached hydrogens (primary N) is 1. The van der Waals surface area contributed by atoms with Crippen molar-refractivity contribution in [1.29, 1.82) is 0 Å². The van der Waals surface area contributed by atoms with Gasteiger partial charge in [-0.25, -0.2) is 0 Å². The summed E-state index contributed by atoms with van der Waals surface area (Å²) >= 11 is 0. The Morgan fingerprint density at radius 1 is 1.39 bits per heavy atom. The van der Waals surface area contributed by atoms with Crippen molar-refractivity contribution in [3.8, 4) is 0 Å². The molecule has 18 heavy (non-hydrogen) atoms. The van der Waals surface area contributed by atoms with Crippen LogP contribution in [0.15, 0.2) is 24.3 Å². The zero-order valence-electron chi connectivity index (χ0n) is 10.9. The largest absolute Gasteiger partial charge is 0.399 e. The summed E-state index contributed by atoms with van der Waals surface area (Å²) in [6.07, 6.45) is 3.23. The lowest BCUT2D eigenvalue weighted by atomic mass is 10.2. The second kappa shape index (κ2) is 5.87. The summed E-state index contributed by atoms with van der Waals surface area (Å²) in [5.41, 5.74) is 7.10. The monoisotopic (exact) mass is 247 g/mol. The van der Waals surface area contributed by atoms with Gasteiger partial charge in [-0.3, -0.25) is 4.79 Å². The van der Waals surface area contributed by atoms with E-state index in [4.69, 9.17) is 5.73 Å². The fourth-order valence-corrected chi connectivity index (χ4v) is 1.91. The van der Waals surface area contributed by atoms with Gasteiger partial charge in [-0.15, -0.1) is 0 Å². The van der Waals surface area contributed by atoms with Crippen LogP contribution in [0.5, 0.6) is 0 Å². The summed E-state index contributed by atoms with van der Waals surface area (Å²) in [5, 5.41) is 2.87. The number of anilines is 2. The van der Waals surface area contributed by atoms with Crippen LogP contribution in [0.3, 0.4) is 0 Å². The van der Waals surface area contributed by atoms with Gasteiger partial charge in [-0.1, -0.05) is 0 Å².